The van der Waals surface area contributed by atoms with E-state index in [-0.39, 0.29) is 5.91 Å². The van der Waals surface area contributed by atoms with Crippen LogP contribution in [-0.2, 0) is 4.84 Å². The molecule has 0 saturated carbocycles. The van der Waals surface area contributed by atoms with Crippen molar-refractivity contribution in [3.63, 3.8) is 0 Å². The van der Waals surface area contributed by atoms with Crippen LogP contribution < -0.4 is 0 Å². The molecule has 164 valence electrons. The maximum atomic E-state index is 13.4. The van der Waals surface area contributed by atoms with Gasteiger partial charge >= 0.3 is 0 Å². The first-order chi connectivity index (χ1) is 16.2. The highest BCUT2D eigenvalue weighted by Crippen LogP contribution is 2.33. The summed E-state index contributed by atoms with van der Waals surface area (Å²) in [5, 5.41) is 8.20. The number of carbonyl (C=O) groups excluding carboxylic acids is 1. The molecule has 0 N–H and O–H groups in total. The van der Waals surface area contributed by atoms with Gasteiger partial charge in [-0.3, -0.25) is 4.79 Å². The van der Waals surface area contributed by atoms with Crippen LogP contribution in [0.3, 0.4) is 0 Å². The maximum absolute atomic E-state index is 13.4. The van der Waals surface area contributed by atoms with Crippen LogP contribution in [0.5, 0.6) is 0 Å². The zero-order chi connectivity index (χ0) is 22.6. The molecule has 1 aromatic heterocycles. The number of amides is 1. The number of nitrogens with zero attached hydrogens (tertiary/aromatic N) is 4. The molecule has 7 nitrogen and oxygen atoms in total. The van der Waals surface area contributed by atoms with Crippen molar-refractivity contribution in [2.45, 2.75) is 12.5 Å². The molecule has 1 atom stereocenters. The summed E-state index contributed by atoms with van der Waals surface area (Å²) in [4.78, 5) is 24.7. The molecule has 2 heterocycles. The number of hydrogen-bond donors (Lipinski definition) is 0. The zero-order valence-electron chi connectivity index (χ0n) is 18.1. The molecular formula is C26H22N4O3. The lowest BCUT2D eigenvalue weighted by Crippen LogP contribution is -2.31. The van der Waals surface area contributed by atoms with E-state index in [1.165, 1.54) is 7.11 Å². The Balaban J connectivity index is 1.42. The maximum Gasteiger partial charge on any atom is 0.254 e. The first-order valence-corrected chi connectivity index (χ1v) is 10.7. The van der Waals surface area contributed by atoms with Gasteiger partial charge in [-0.1, -0.05) is 83.1 Å². The third-order valence-corrected chi connectivity index (χ3v) is 5.64. The molecule has 1 amide bonds. The number of rotatable bonds is 5. The highest BCUT2D eigenvalue weighted by molar-refractivity contribution is 6.00. The number of benzene rings is 3. The van der Waals surface area contributed by atoms with Crippen molar-refractivity contribution in [1.29, 1.82) is 0 Å². The lowest BCUT2D eigenvalue weighted by atomic mass is 10.0. The smallest absolute Gasteiger partial charge is 0.254 e. The average Bonchev–Trinajstić information content (AvgIpc) is 3.53. The highest BCUT2D eigenvalue weighted by Gasteiger charge is 2.38. The molecule has 0 radical (unpaired) electrons. The molecule has 0 unspecified atom stereocenters. The fraction of sp³-hybridized carbons (Fsp3) is 0.154. The third kappa shape index (κ3) is 4.25. The van der Waals surface area contributed by atoms with Crippen LogP contribution in [-0.4, -0.2) is 40.3 Å². The predicted molar refractivity (Wildman–Crippen MR) is 124 cm³/mol. The second-order valence-electron chi connectivity index (χ2n) is 7.76. The first kappa shape index (κ1) is 20.6. The van der Waals surface area contributed by atoms with Crippen LogP contribution in [0.2, 0.25) is 0 Å². The molecule has 1 aliphatic heterocycles. The van der Waals surface area contributed by atoms with Gasteiger partial charge in [0.25, 0.3) is 5.91 Å². The SMILES string of the molecule is CO/N=C1\C[C@@H](c2nc(-c3ccccc3)no2)N(C(=O)c2ccc(-c3ccccc3)cc2)C1. The van der Waals surface area contributed by atoms with Crippen LogP contribution in [0, 0.1) is 0 Å². The van der Waals surface area contributed by atoms with Crippen molar-refractivity contribution in [2.24, 2.45) is 5.16 Å². The van der Waals surface area contributed by atoms with Gasteiger partial charge in [-0.05, 0) is 23.3 Å². The van der Waals surface area contributed by atoms with Gasteiger partial charge < -0.3 is 14.3 Å². The van der Waals surface area contributed by atoms with Crippen molar-refractivity contribution in [1.82, 2.24) is 15.0 Å². The summed E-state index contributed by atoms with van der Waals surface area (Å²) >= 11 is 0. The van der Waals surface area contributed by atoms with Crippen LogP contribution in [0.15, 0.2) is 94.6 Å². The normalized spacial score (nSPS) is 16.8. The van der Waals surface area contributed by atoms with Gasteiger partial charge in [0.15, 0.2) is 0 Å². The molecule has 7 heteroatoms. The van der Waals surface area contributed by atoms with Crippen molar-refractivity contribution < 1.29 is 14.2 Å². The van der Waals surface area contributed by atoms with Crippen molar-refractivity contribution in [2.75, 3.05) is 13.7 Å². The summed E-state index contributed by atoms with van der Waals surface area (Å²) in [5.74, 6) is 0.743. The largest absolute Gasteiger partial charge is 0.399 e. The van der Waals surface area contributed by atoms with Gasteiger partial charge in [0.05, 0.1) is 12.3 Å². The quantitative estimate of drug-likeness (QED) is 0.410. The average molecular weight is 438 g/mol. The van der Waals surface area contributed by atoms with E-state index in [9.17, 15) is 4.79 Å². The molecule has 3 aromatic carbocycles. The van der Waals surface area contributed by atoms with E-state index < -0.39 is 6.04 Å². The standard InChI is InChI=1S/C26H22N4O3/c1-32-28-22-16-23(25-27-24(29-33-25)20-10-6-3-7-11-20)30(17-22)26(31)21-14-12-19(13-15-21)18-8-4-2-5-9-18/h2-15,23H,16-17H2,1H3/b28-22+/t23-/m0/s1. The lowest BCUT2D eigenvalue weighted by Gasteiger charge is -2.21. The zero-order valence-corrected chi connectivity index (χ0v) is 18.1. The Morgan fingerprint density at radius 3 is 2.24 bits per heavy atom. The Morgan fingerprint density at radius 1 is 0.939 bits per heavy atom. The number of oxime groups is 1. The van der Waals surface area contributed by atoms with Crippen LogP contribution in [0.25, 0.3) is 22.5 Å². The van der Waals surface area contributed by atoms with Crippen LogP contribution >= 0.6 is 0 Å². The number of hydrogen-bond acceptors (Lipinski definition) is 6. The monoisotopic (exact) mass is 438 g/mol. The van der Waals surface area contributed by atoms with Gasteiger partial charge in [0.1, 0.15) is 13.2 Å². The Hall–Kier alpha value is -4.26. The molecule has 5 rings (SSSR count). The molecule has 0 aliphatic carbocycles. The number of aromatic nitrogens is 2. The van der Waals surface area contributed by atoms with E-state index in [0.717, 1.165) is 22.4 Å². The van der Waals surface area contributed by atoms with Crippen LogP contribution in [0.4, 0.5) is 0 Å². The Morgan fingerprint density at radius 2 is 1.58 bits per heavy atom. The predicted octanol–water partition coefficient (Wildman–Crippen LogP) is 4.99. The van der Waals surface area contributed by atoms with Gasteiger partial charge in [-0.15, -0.1) is 0 Å². The molecule has 0 bridgehead atoms. The lowest BCUT2D eigenvalue weighted by molar-refractivity contribution is 0.0713. The van der Waals surface area contributed by atoms with Gasteiger partial charge in [0.2, 0.25) is 11.7 Å². The summed E-state index contributed by atoms with van der Waals surface area (Å²) in [6, 6.07) is 26.8. The Bertz CT molecular complexity index is 1270. The molecule has 1 aliphatic rings. The summed E-state index contributed by atoms with van der Waals surface area (Å²) in [7, 11) is 1.50. The molecule has 0 spiro atoms. The molecule has 33 heavy (non-hydrogen) atoms. The molecule has 4 aromatic rings. The minimum absolute atomic E-state index is 0.125. The minimum atomic E-state index is -0.412. The fourth-order valence-electron chi connectivity index (χ4n) is 4.01. The first-order valence-electron chi connectivity index (χ1n) is 10.7. The third-order valence-electron chi connectivity index (χ3n) is 5.64. The van der Waals surface area contributed by atoms with Gasteiger partial charge in [-0.25, -0.2) is 0 Å². The van der Waals surface area contributed by atoms with Crippen LogP contribution in [0.1, 0.15) is 28.7 Å². The summed E-state index contributed by atoms with van der Waals surface area (Å²) < 4.78 is 5.57. The minimum Gasteiger partial charge on any atom is -0.399 e. The summed E-state index contributed by atoms with van der Waals surface area (Å²) in [5.41, 5.74) is 4.34. The van der Waals surface area contributed by atoms with Crippen molar-refractivity contribution in [3.05, 3.63) is 96.4 Å². The second kappa shape index (κ2) is 9.08. The fourth-order valence-corrected chi connectivity index (χ4v) is 4.01. The van der Waals surface area contributed by atoms with E-state index in [4.69, 9.17) is 9.36 Å². The topological polar surface area (TPSA) is 80.8 Å². The van der Waals surface area contributed by atoms with E-state index >= 15 is 0 Å². The van der Waals surface area contributed by atoms with Crippen molar-refractivity contribution >= 4 is 11.6 Å². The highest BCUT2D eigenvalue weighted by atomic mass is 16.6. The Kier molecular flexibility index (Phi) is 5.68. The van der Waals surface area contributed by atoms with E-state index in [1.807, 2.05) is 84.9 Å². The Labute approximate surface area is 191 Å². The molecule has 1 fully saturated rings. The van der Waals surface area contributed by atoms with Gasteiger partial charge in [-0.2, -0.15) is 4.98 Å². The number of carbonyl (C=O) groups is 1. The molecular weight excluding hydrogens is 416 g/mol. The van der Waals surface area contributed by atoms with E-state index in [1.54, 1.807) is 4.90 Å². The van der Waals surface area contributed by atoms with Crippen molar-refractivity contribution in [3.8, 4) is 22.5 Å². The van der Waals surface area contributed by atoms with E-state index in [2.05, 4.69) is 15.3 Å². The summed E-state index contributed by atoms with van der Waals surface area (Å²) in [6.07, 6.45) is 0.470. The van der Waals surface area contributed by atoms with E-state index in [0.29, 0.717) is 30.2 Å². The summed E-state index contributed by atoms with van der Waals surface area (Å²) in [6.45, 7) is 0.334. The number of likely N-dealkylation sites (tertiary alicyclic amines) is 1. The second-order valence-corrected chi connectivity index (χ2v) is 7.76. The molecule has 1 saturated heterocycles. The van der Waals surface area contributed by atoms with Gasteiger partial charge in [0, 0.05) is 17.5 Å².